The lowest BCUT2D eigenvalue weighted by molar-refractivity contribution is -0.131. The van der Waals surface area contributed by atoms with Crippen LogP contribution in [0, 0.1) is 5.82 Å². The van der Waals surface area contributed by atoms with Gasteiger partial charge in [0.2, 0.25) is 5.91 Å². The van der Waals surface area contributed by atoms with E-state index in [9.17, 15) is 9.18 Å². The fourth-order valence-corrected chi connectivity index (χ4v) is 4.51. The van der Waals surface area contributed by atoms with Crippen molar-refractivity contribution in [3.05, 3.63) is 47.4 Å². The number of para-hydroxylation sites is 1. The molecule has 3 heterocycles. The number of fused-ring (bicyclic) bond motifs is 1. The number of nitrogens with one attached hydrogen (secondary N) is 1. The molecule has 8 heteroatoms. The van der Waals surface area contributed by atoms with Crippen LogP contribution in [0.3, 0.4) is 0 Å². The van der Waals surface area contributed by atoms with Crippen LogP contribution in [0.25, 0.3) is 10.2 Å². The first-order chi connectivity index (χ1) is 14.2. The summed E-state index contributed by atoms with van der Waals surface area (Å²) in [6.07, 6.45) is 2.93. The molecule has 3 aromatic rings. The first-order valence-electron chi connectivity index (χ1n) is 9.90. The van der Waals surface area contributed by atoms with Crippen molar-refractivity contribution in [1.29, 1.82) is 0 Å². The zero-order valence-electron chi connectivity index (χ0n) is 16.4. The summed E-state index contributed by atoms with van der Waals surface area (Å²) in [6.45, 7) is 5.14. The fraction of sp³-hybridized carbons (Fsp3) is 0.381. The highest BCUT2D eigenvalue weighted by Crippen LogP contribution is 2.28. The monoisotopic (exact) mass is 413 g/mol. The lowest BCUT2D eigenvalue weighted by Crippen LogP contribution is -2.49. The third kappa shape index (κ3) is 4.32. The van der Waals surface area contributed by atoms with Crippen molar-refractivity contribution in [2.75, 3.05) is 42.9 Å². The number of hydrogen-bond donors (Lipinski definition) is 1. The predicted octanol–water partition coefficient (Wildman–Crippen LogP) is 3.54. The first-order valence-corrected chi connectivity index (χ1v) is 10.7. The van der Waals surface area contributed by atoms with E-state index < -0.39 is 0 Å². The molecule has 0 saturated carbocycles. The Hall–Kier alpha value is -2.74. The number of rotatable bonds is 6. The summed E-state index contributed by atoms with van der Waals surface area (Å²) in [5, 5.41) is 4.30. The van der Waals surface area contributed by atoms with Gasteiger partial charge >= 0.3 is 0 Å². The van der Waals surface area contributed by atoms with Gasteiger partial charge in [0.25, 0.3) is 0 Å². The van der Waals surface area contributed by atoms with Gasteiger partial charge in [-0.3, -0.25) is 4.79 Å². The molecule has 1 fully saturated rings. The van der Waals surface area contributed by atoms with Crippen LogP contribution in [0.4, 0.5) is 15.9 Å². The highest BCUT2D eigenvalue weighted by atomic mass is 32.1. The number of benzene rings is 1. The molecular formula is C21H24FN5OS. The molecule has 1 saturated heterocycles. The van der Waals surface area contributed by atoms with E-state index in [0.717, 1.165) is 22.5 Å². The second kappa shape index (κ2) is 8.73. The minimum atomic E-state index is -0.215. The summed E-state index contributed by atoms with van der Waals surface area (Å²) in [6, 6.07) is 8.90. The summed E-state index contributed by atoms with van der Waals surface area (Å²) in [5.74, 6) is 0.672. The van der Waals surface area contributed by atoms with Crippen LogP contribution < -0.4 is 10.2 Å². The van der Waals surface area contributed by atoms with Crippen molar-refractivity contribution in [3.8, 4) is 0 Å². The van der Waals surface area contributed by atoms with Gasteiger partial charge in [0.1, 0.15) is 22.8 Å². The maximum Gasteiger partial charge on any atom is 0.224 e. The molecule has 0 spiro atoms. The maximum atomic E-state index is 14.0. The fourth-order valence-electron chi connectivity index (χ4n) is 3.57. The van der Waals surface area contributed by atoms with Gasteiger partial charge in [-0.2, -0.15) is 0 Å². The Morgan fingerprint density at radius 1 is 1.21 bits per heavy atom. The third-order valence-corrected chi connectivity index (χ3v) is 6.37. The summed E-state index contributed by atoms with van der Waals surface area (Å²) in [4.78, 5) is 27.3. The standard InChI is InChI=1S/C21H24FN5OS/c1-2-15-13-16-20(24-14-25-21(16)29-15)23-8-7-19(28)27-11-9-26(10-12-27)18-6-4-3-5-17(18)22/h3-6,13-14H,2,7-12H2,1H3,(H,23,24,25). The van der Waals surface area contributed by atoms with Crippen LogP contribution in [0.2, 0.25) is 0 Å². The van der Waals surface area contributed by atoms with E-state index in [1.54, 1.807) is 29.8 Å². The minimum Gasteiger partial charge on any atom is -0.369 e. The van der Waals surface area contributed by atoms with E-state index >= 15 is 0 Å². The average Bonchev–Trinajstić information content (AvgIpc) is 3.18. The van der Waals surface area contributed by atoms with Crippen LogP contribution in [0.5, 0.6) is 0 Å². The molecule has 1 aliphatic heterocycles. The van der Waals surface area contributed by atoms with Crippen molar-refractivity contribution in [3.63, 3.8) is 0 Å². The van der Waals surface area contributed by atoms with E-state index in [2.05, 4.69) is 28.3 Å². The van der Waals surface area contributed by atoms with Gasteiger partial charge < -0.3 is 15.1 Å². The average molecular weight is 414 g/mol. The van der Waals surface area contributed by atoms with Gasteiger partial charge in [0, 0.05) is 44.0 Å². The Kier molecular flexibility index (Phi) is 5.89. The smallest absolute Gasteiger partial charge is 0.224 e. The minimum absolute atomic E-state index is 0.107. The van der Waals surface area contributed by atoms with Crippen LogP contribution >= 0.6 is 11.3 Å². The molecule has 0 aliphatic carbocycles. The molecule has 6 nitrogen and oxygen atoms in total. The lowest BCUT2D eigenvalue weighted by Gasteiger charge is -2.36. The zero-order chi connectivity index (χ0) is 20.2. The Balaban J connectivity index is 1.29. The van der Waals surface area contributed by atoms with Crippen molar-refractivity contribution < 1.29 is 9.18 Å². The number of piperazine rings is 1. The van der Waals surface area contributed by atoms with E-state index in [1.165, 1.54) is 10.9 Å². The highest BCUT2D eigenvalue weighted by Gasteiger charge is 2.22. The van der Waals surface area contributed by atoms with Crippen molar-refractivity contribution >= 4 is 39.0 Å². The maximum absolute atomic E-state index is 14.0. The number of aromatic nitrogens is 2. The van der Waals surface area contributed by atoms with Crippen LogP contribution in [0.1, 0.15) is 18.2 Å². The van der Waals surface area contributed by atoms with Crippen LogP contribution in [-0.2, 0) is 11.2 Å². The lowest BCUT2D eigenvalue weighted by atomic mass is 10.2. The second-order valence-electron chi connectivity index (χ2n) is 7.00. The summed E-state index contributed by atoms with van der Waals surface area (Å²) < 4.78 is 14.0. The van der Waals surface area contributed by atoms with Crippen LogP contribution in [0.15, 0.2) is 36.7 Å². The Bertz CT molecular complexity index is 1000. The summed E-state index contributed by atoms with van der Waals surface area (Å²) in [5.41, 5.74) is 0.608. The van der Waals surface area contributed by atoms with Gasteiger partial charge in [0.15, 0.2) is 0 Å². The first kappa shape index (κ1) is 19.6. The summed E-state index contributed by atoms with van der Waals surface area (Å²) >= 11 is 1.68. The van der Waals surface area contributed by atoms with Gasteiger partial charge in [-0.05, 0) is 24.6 Å². The van der Waals surface area contributed by atoms with Gasteiger partial charge in [-0.25, -0.2) is 14.4 Å². The summed E-state index contributed by atoms with van der Waals surface area (Å²) in [7, 11) is 0. The van der Waals surface area contributed by atoms with Gasteiger partial charge in [-0.15, -0.1) is 11.3 Å². The van der Waals surface area contributed by atoms with E-state index in [4.69, 9.17) is 0 Å². The second-order valence-corrected chi connectivity index (χ2v) is 8.12. The number of thiophene rings is 1. The molecule has 29 heavy (non-hydrogen) atoms. The number of nitrogens with zero attached hydrogens (tertiary/aromatic N) is 4. The van der Waals surface area contributed by atoms with Crippen LogP contribution in [-0.4, -0.2) is 53.5 Å². The molecule has 152 valence electrons. The topological polar surface area (TPSA) is 61.4 Å². The van der Waals surface area contributed by atoms with Crippen molar-refractivity contribution in [1.82, 2.24) is 14.9 Å². The quantitative estimate of drug-likeness (QED) is 0.670. The number of hydrogen-bond acceptors (Lipinski definition) is 6. The third-order valence-electron chi connectivity index (χ3n) is 5.19. The molecule has 0 radical (unpaired) electrons. The largest absolute Gasteiger partial charge is 0.369 e. The predicted molar refractivity (Wildman–Crippen MR) is 115 cm³/mol. The SMILES string of the molecule is CCc1cc2c(NCCC(=O)N3CCN(c4ccccc4F)CC3)ncnc2s1. The molecule has 1 aliphatic rings. The zero-order valence-corrected chi connectivity index (χ0v) is 17.2. The normalized spacial score (nSPS) is 14.4. The number of halogens is 1. The van der Waals surface area contributed by atoms with Gasteiger partial charge in [-0.1, -0.05) is 19.1 Å². The van der Waals surface area contributed by atoms with E-state index in [0.29, 0.717) is 44.8 Å². The Morgan fingerprint density at radius 2 is 2.00 bits per heavy atom. The Labute approximate surface area is 173 Å². The van der Waals surface area contributed by atoms with Crippen molar-refractivity contribution in [2.45, 2.75) is 19.8 Å². The number of amides is 1. The molecule has 1 N–H and O–H groups in total. The molecule has 1 amide bonds. The molecular weight excluding hydrogens is 389 g/mol. The molecule has 0 bridgehead atoms. The number of carbonyl (C=O) groups excluding carboxylic acids is 1. The molecule has 1 aromatic carbocycles. The van der Waals surface area contributed by atoms with Crippen molar-refractivity contribution in [2.24, 2.45) is 0 Å². The van der Waals surface area contributed by atoms with Gasteiger partial charge in [0.05, 0.1) is 11.1 Å². The highest BCUT2D eigenvalue weighted by molar-refractivity contribution is 7.18. The molecule has 4 rings (SSSR count). The number of aryl methyl sites for hydroxylation is 1. The number of anilines is 2. The molecule has 2 aromatic heterocycles. The number of carbonyl (C=O) groups is 1. The Morgan fingerprint density at radius 3 is 2.76 bits per heavy atom. The molecule has 0 unspecified atom stereocenters. The van der Waals surface area contributed by atoms with E-state index in [-0.39, 0.29) is 11.7 Å². The van der Waals surface area contributed by atoms with E-state index in [1.807, 2.05) is 15.9 Å². The molecule has 0 atom stereocenters.